The summed E-state index contributed by atoms with van der Waals surface area (Å²) in [6.45, 7) is 6.42. The van der Waals surface area contributed by atoms with E-state index < -0.39 is 0 Å². The lowest BCUT2D eigenvalue weighted by atomic mass is 9.88. The SMILES string of the molecule is CCCCCCCCCCCCCCCCCCC(CCC)Cc1cc(C)c(C#N)cc1F. The molecule has 1 nitrogen and oxygen atoms in total. The topological polar surface area (TPSA) is 23.8 Å². The number of rotatable bonds is 21. The summed E-state index contributed by atoms with van der Waals surface area (Å²) < 4.78 is 14.4. The Bertz CT molecular complexity index is 645. The number of aryl methyl sites for hydroxylation is 1. The van der Waals surface area contributed by atoms with E-state index in [1.54, 1.807) is 0 Å². The Morgan fingerprint density at radius 2 is 1.18 bits per heavy atom. The molecule has 0 fully saturated rings. The maximum absolute atomic E-state index is 14.4. The van der Waals surface area contributed by atoms with Gasteiger partial charge in [-0.05, 0) is 36.5 Å². The molecule has 1 atom stereocenters. The molecule has 0 heterocycles. The van der Waals surface area contributed by atoms with Crippen LogP contribution in [0.25, 0.3) is 0 Å². The van der Waals surface area contributed by atoms with Crippen molar-refractivity contribution in [3.8, 4) is 6.07 Å². The third kappa shape index (κ3) is 14.5. The Labute approximate surface area is 205 Å². The monoisotopic (exact) mass is 457 g/mol. The first-order valence-electron chi connectivity index (χ1n) is 14.3. The van der Waals surface area contributed by atoms with Crippen molar-refractivity contribution in [2.75, 3.05) is 0 Å². The molecule has 0 aliphatic carbocycles. The highest BCUT2D eigenvalue weighted by Gasteiger charge is 2.14. The summed E-state index contributed by atoms with van der Waals surface area (Å²) in [6.07, 6.45) is 26.7. The van der Waals surface area contributed by atoms with Crippen LogP contribution in [0.1, 0.15) is 153 Å². The van der Waals surface area contributed by atoms with Crippen LogP contribution in [0, 0.1) is 30.0 Å². The molecule has 0 aliphatic heterocycles. The van der Waals surface area contributed by atoms with E-state index in [1.165, 1.54) is 115 Å². The molecule has 1 aromatic rings. The van der Waals surface area contributed by atoms with Crippen molar-refractivity contribution in [3.63, 3.8) is 0 Å². The van der Waals surface area contributed by atoms with Crippen LogP contribution < -0.4 is 0 Å². The second-order valence-electron chi connectivity index (χ2n) is 10.3. The van der Waals surface area contributed by atoms with Gasteiger partial charge in [0.1, 0.15) is 5.82 Å². The second-order valence-corrected chi connectivity index (χ2v) is 10.3. The number of halogens is 1. The fourth-order valence-electron chi connectivity index (χ4n) is 5.07. The van der Waals surface area contributed by atoms with Gasteiger partial charge in [-0.2, -0.15) is 5.26 Å². The molecule has 0 aliphatic rings. The Morgan fingerprint density at radius 3 is 1.64 bits per heavy atom. The van der Waals surface area contributed by atoms with Crippen LogP contribution in [0.15, 0.2) is 12.1 Å². The van der Waals surface area contributed by atoms with E-state index in [2.05, 4.69) is 19.9 Å². The standard InChI is InChI=1S/C31H52FN/c1-4-6-7-8-9-10-11-12-13-14-15-16-17-18-19-20-22-28(21-5-2)24-29-23-27(3)30(26-33)25-31(29)32/h23,25,28H,4-22,24H2,1-3H3. The van der Waals surface area contributed by atoms with Gasteiger partial charge >= 0.3 is 0 Å². The molecule has 0 bridgehead atoms. The molecule has 1 rings (SSSR count). The molecule has 2 heteroatoms. The zero-order chi connectivity index (χ0) is 24.2. The first-order chi connectivity index (χ1) is 16.1. The number of nitriles is 1. The average molecular weight is 458 g/mol. The fraction of sp³-hybridized carbons (Fsp3) is 0.774. The number of unbranched alkanes of at least 4 members (excludes halogenated alkanes) is 15. The van der Waals surface area contributed by atoms with E-state index in [4.69, 9.17) is 5.26 Å². The van der Waals surface area contributed by atoms with Gasteiger partial charge in [-0.3, -0.25) is 0 Å². The predicted molar refractivity (Wildman–Crippen MR) is 142 cm³/mol. The van der Waals surface area contributed by atoms with Crippen LogP contribution >= 0.6 is 0 Å². The van der Waals surface area contributed by atoms with Crippen LogP contribution in [-0.2, 0) is 6.42 Å². The van der Waals surface area contributed by atoms with E-state index in [-0.39, 0.29) is 5.82 Å². The molecular formula is C31H52FN. The second kappa shape index (κ2) is 20.1. The average Bonchev–Trinajstić information content (AvgIpc) is 2.80. The molecule has 0 radical (unpaired) electrons. The van der Waals surface area contributed by atoms with E-state index in [0.29, 0.717) is 11.5 Å². The fourth-order valence-corrected chi connectivity index (χ4v) is 5.07. The summed E-state index contributed by atoms with van der Waals surface area (Å²) in [5.41, 5.74) is 2.15. The molecule has 188 valence electrons. The molecule has 0 N–H and O–H groups in total. The lowest BCUT2D eigenvalue weighted by Gasteiger charge is -2.17. The number of hydrogen-bond acceptors (Lipinski definition) is 1. The summed E-state index contributed by atoms with van der Waals surface area (Å²) >= 11 is 0. The van der Waals surface area contributed by atoms with Crippen molar-refractivity contribution in [2.45, 2.75) is 149 Å². The van der Waals surface area contributed by atoms with Gasteiger partial charge in [0.15, 0.2) is 0 Å². The Balaban J connectivity index is 2.06. The third-order valence-electron chi connectivity index (χ3n) is 7.19. The highest BCUT2D eigenvalue weighted by atomic mass is 19.1. The molecule has 0 aromatic heterocycles. The van der Waals surface area contributed by atoms with Gasteiger partial charge in [0.25, 0.3) is 0 Å². The van der Waals surface area contributed by atoms with Crippen LogP contribution in [-0.4, -0.2) is 0 Å². The Kier molecular flexibility index (Phi) is 18.0. The first kappa shape index (κ1) is 29.7. The van der Waals surface area contributed by atoms with Crippen LogP contribution in [0.3, 0.4) is 0 Å². The molecule has 33 heavy (non-hydrogen) atoms. The molecule has 1 unspecified atom stereocenters. The predicted octanol–water partition coefficient (Wildman–Crippen LogP) is 10.6. The summed E-state index contributed by atoms with van der Waals surface area (Å²) in [5, 5.41) is 9.09. The van der Waals surface area contributed by atoms with Crippen molar-refractivity contribution in [1.82, 2.24) is 0 Å². The Hall–Kier alpha value is -1.36. The maximum atomic E-state index is 14.4. The van der Waals surface area contributed by atoms with Crippen molar-refractivity contribution < 1.29 is 4.39 Å². The molecular weight excluding hydrogens is 405 g/mol. The minimum Gasteiger partial charge on any atom is -0.207 e. The minimum atomic E-state index is -0.203. The maximum Gasteiger partial charge on any atom is 0.127 e. The van der Waals surface area contributed by atoms with Crippen LogP contribution in [0.5, 0.6) is 0 Å². The van der Waals surface area contributed by atoms with E-state index >= 15 is 0 Å². The minimum absolute atomic E-state index is 0.203. The van der Waals surface area contributed by atoms with Gasteiger partial charge in [-0.15, -0.1) is 0 Å². The normalized spacial score (nSPS) is 12.1. The first-order valence-corrected chi connectivity index (χ1v) is 14.3. The largest absolute Gasteiger partial charge is 0.207 e. The summed E-state index contributed by atoms with van der Waals surface area (Å²) in [5.74, 6) is 0.355. The van der Waals surface area contributed by atoms with Crippen molar-refractivity contribution in [2.24, 2.45) is 5.92 Å². The van der Waals surface area contributed by atoms with Gasteiger partial charge in [0.2, 0.25) is 0 Å². The number of benzene rings is 1. The molecule has 0 spiro atoms. The molecule has 0 saturated carbocycles. The summed E-state index contributed by atoms with van der Waals surface area (Å²) in [4.78, 5) is 0. The van der Waals surface area contributed by atoms with Crippen molar-refractivity contribution in [3.05, 3.63) is 34.6 Å². The third-order valence-corrected chi connectivity index (χ3v) is 7.19. The van der Waals surface area contributed by atoms with Crippen molar-refractivity contribution in [1.29, 1.82) is 5.26 Å². The van der Waals surface area contributed by atoms with Crippen LogP contribution in [0.4, 0.5) is 4.39 Å². The highest BCUT2D eigenvalue weighted by Crippen LogP contribution is 2.25. The van der Waals surface area contributed by atoms with Crippen LogP contribution in [0.2, 0.25) is 0 Å². The Morgan fingerprint density at radius 1 is 0.697 bits per heavy atom. The van der Waals surface area contributed by atoms with E-state index in [0.717, 1.165) is 30.4 Å². The van der Waals surface area contributed by atoms with Crippen molar-refractivity contribution >= 4 is 0 Å². The highest BCUT2D eigenvalue weighted by molar-refractivity contribution is 5.40. The van der Waals surface area contributed by atoms with Gasteiger partial charge in [-0.1, -0.05) is 142 Å². The van der Waals surface area contributed by atoms with E-state index in [1.807, 2.05) is 13.0 Å². The summed E-state index contributed by atoms with van der Waals surface area (Å²) in [6, 6.07) is 5.40. The molecule has 0 saturated heterocycles. The molecule has 0 amide bonds. The molecule has 1 aromatic carbocycles. The quantitative estimate of drug-likeness (QED) is 0.168. The number of nitrogens with zero attached hydrogens (tertiary/aromatic N) is 1. The lowest BCUT2D eigenvalue weighted by Crippen LogP contribution is -2.07. The zero-order valence-corrected chi connectivity index (χ0v) is 22.2. The summed E-state index contributed by atoms with van der Waals surface area (Å²) in [7, 11) is 0. The van der Waals surface area contributed by atoms with Gasteiger partial charge in [-0.25, -0.2) is 4.39 Å². The van der Waals surface area contributed by atoms with Gasteiger partial charge < -0.3 is 0 Å². The van der Waals surface area contributed by atoms with Gasteiger partial charge in [0, 0.05) is 0 Å². The number of hydrogen-bond donors (Lipinski definition) is 0. The van der Waals surface area contributed by atoms with Gasteiger partial charge in [0.05, 0.1) is 11.6 Å². The lowest BCUT2D eigenvalue weighted by molar-refractivity contribution is 0.410. The zero-order valence-electron chi connectivity index (χ0n) is 22.2. The van der Waals surface area contributed by atoms with E-state index in [9.17, 15) is 4.39 Å². The smallest absolute Gasteiger partial charge is 0.127 e.